The smallest absolute Gasteiger partial charge is 0.116 e. The molecular weight excluding hydrogens is 413 g/mol. The monoisotopic (exact) mass is 459 g/mol. The van der Waals surface area contributed by atoms with Crippen LogP contribution >= 0.6 is 0 Å². The number of nitriles is 1. The van der Waals surface area contributed by atoms with Gasteiger partial charge in [0.05, 0.1) is 24.7 Å². The molecule has 2 heterocycles. The second-order valence-electron chi connectivity index (χ2n) is 12.4. The standard InChI is InChI=1S/C28H46FN3O/c1-19-12-24(13-19)21-6-9-32(10-7-21)28-5-2-20(14-25-18-31-8-11-33-25)15-26(28)22-3-4-23(17-30)27(29)16-22/h19-28,31H,2-16,18H2,1H3. The van der Waals surface area contributed by atoms with Gasteiger partial charge in [-0.3, -0.25) is 0 Å². The van der Waals surface area contributed by atoms with Gasteiger partial charge in [-0.25, -0.2) is 4.39 Å². The Hall–Kier alpha value is -0.700. The van der Waals surface area contributed by atoms with Crippen molar-refractivity contribution in [2.75, 3.05) is 32.8 Å². The molecule has 0 aromatic carbocycles. The molecule has 0 radical (unpaired) electrons. The van der Waals surface area contributed by atoms with E-state index in [1.807, 2.05) is 0 Å². The maximum absolute atomic E-state index is 14.8. The lowest BCUT2D eigenvalue weighted by Gasteiger charge is -2.50. The Morgan fingerprint density at radius 3 is 2.45 bits per heavy atom. The van der Waals surface area contributed by atoms with E-state index in [9.17, 15) is 9.65 Å². The van der Waals surface area contributed by atoms with Crippen LogP contribution in [0.4, 0.5) is 4.39 Å². The van der Waals surface area contributed by atoms with Crippen molar-refractivity contribution >= 4 is 0 Å². The number of rotatable bonds is 5. The average molecular weight is 460 g/mol. The third kappa shape index (κ3) is 5.60. The molecule has 1 N–H and O–H groups in total. The van der Waals surface area contributed by atoms with Crippen molar-refractivity contribution in [3.05, 3.63) is 0 Å². The highest BCUT2D eigenvalue weighted by Gasteiger charge is 2.44. The number of nitrogens with one attached hydrogen (secondary N) is 1. The van der Waals surface area contributed by atoms with Gasteiger partial charge in [-0.15, -0.1) is 0 Å². The fraction of sp³-hybridized carbons (Fsp3) is 0.964. The summed E-state index contributed by atoms with van der Waals surface area (Å²) in [5, 5.41) is 12.8. The number of hydrogen-bond donors (Lipinski definition) is 1. The van der Waals surface area contributed by atoms with Crippen LogP contribution in [0, 0.1) is 52.8 Å². The van der Waals surface area contributed by atoms with Crippen LogP contribution in [0.2, 0.25) is 0 Å². The quantitative estimate of drug-likeness (QED) is 0.615. The minimum Gasteiger partial charge on any atom is -0.376 e. The highest BCUT2D eigenvalue weighted by Crippen LogP contribution is 2.47. The van der Waals surface area contributed by atoms with Crippen molar-refractivity contribution < 1.29 is 9.13 Å². The van der Waals surface area contributed by atoms with Gasteiger partial charge >= 0.3 is 0 Å². The molecule has 5 rings (SSSR count). The summed E-state index contributed by atoms with van der Waals surface area (Å²) in [6, 6.07) is 2.86. The molecule has 5 fully saturated rings. The molecule has 7 atom stereocenters. The van der Waals surface area contributed by atoms with Crippen LogP contribution in [-0.2, 0) is 4.74 Å². The second kappa shape index (κ2) is 10.9. The number of likely N-dealkylation sites (tertiary alicyclic amines) is 1. The number of nitrogens with zero attached hydrogens (tertiary/aromatic N) is 2. The molecule has 0 amide bonds. The van der Waals surface area contributed by atoms with E-state index in [1.54, 1.807) is 0 Å². The van der Waals surface area contributed by atoms with E-state index in [0.29, 0.717) is 36.3 Å². The largest absolute Gasteiger partial charge is 0.376 e. The molecule has 3 aliphatic carbocycles. The fourth-order valence-electron chi connectivity index (χ4n) is 8.35. The molecule has 2 aliphatic heterocycles. The SMILES string of the molecule is CC1CC(C2CCN(C3CCC(CC4CNCCO4)CC3C3CCC(C#N)C(F)C3)CC2)C1. The third-order valence-electron chi connectivity index (χ3n) is 10.3. The Labute approximate surface area is 201 Å². The molecule has 0 bridgehead atoms. The predicted octanol–water partition coefficient (Wildman–Crippen LogP) is 5.19. The lowest BCUT2D eigenvalue weighted by molar-refractivity contribution is -0.0278. The van der Waals surface area contributed by atoms with Crippen LogP contribution in [0.5, 0.6) is 0 Å². The summed E-state index contributed by atoms with van der Waals surface area (Å²) in [6.07, 6.45) is 12.5. The number of piperidine rings is 1. The number of morpholine rings is 1. The van der Waals surface area contributed by atoms with Crippen molar-refractivity contribution in [2.24, 2.45) is 41.4 Å². The minimum absolute atomic E-state index is 0.352. The Balaban J connectivity index is 1.22. The van der Waals surface area contributed by atoms with Crippen LogP contribution in [0.25, 0.3) is 0 Å². The van der Waals surface area contributed by atoms with Crippen molar-refractivity contribution in [1.29, 1.82) is 5.26 Å². The molecule has 0 spiro atoms. The normalized spacial score (nSPS) is 45.8. The predicted molar refractivity (Wildman–Crippen MR) is 129 cm³/mol. The highest BCUT2D eigenvalue weighted by atomic mass is 19.1. The van der Waals surface area contributed by atoms with E-state index in [0.717, 1.165) is 56.7 Å². The molecule has 0 aromatic heterocycles. The molecular formula is C28H46FN3O. The van der Waals surface area contributed by atoms with Crippen LogP contribution < -0.4 is 5.32 Å². The Kier molecular flexibility index (Phi) is 7.95. The van der Waals surface area contributed by atoms with Gasteiger partial charge in [0, 0.05) is 19.1 Å². The molecule has 5 heteroatoms. The highest BCUT2D eigenvalue weighted by molar-refractivity contribution is 4.99. The van der Waals surface area contributed by atoms with Crippen molar-refractivity contribution in [3.63, 3.8) is 0 Å². The first-order valence-electron chi connectivity index (χ1n) is 14.2. The fourth-order valence-corrected chi connectivity index (χ4v) is 8.35. The molecule has 5 aliphatic rings. The molecule has 2 saturated heterocycles. The first kappa shape index (κ1) is 24.0. The van der Waals surface area contributed by atoms with Gasteiger partial charge in [0.15, 0.2) is 0 Å². The lowest BCUT2D eigenvalue weighted by atomic mass is 9.64. The second-order valence-corrected chi connectivity index (χ2v) is 12.4. The first-order chi connectivity index (χ1) is 16.1. The van der Waals surface area contributed by atoms with Gasteiger partial charge in [-0.1, -0.05) is 6.92 Å². The van der Waals surface area contributed by atoms with Crippen LogP contribution in [0.15, 0.2) is 0 Å². The van der Waals surface area contributed by atoms with Gasteiger partial charge in [-0.05, 0) is 119 Å². The number of halogens is 1. The van der Waals surface area contributed by atoms with Crippen LogP contribution in [-0.4, -0.2) is 56.0 Å². The van der Waals surface area contributed by atoms with E-state index in [-0.39, 0.29) is 5.92 Å². The maximum Gasteiger partial charge on any atom is 0.116 e. The molecule has 0 aromatic rings. The van der Waals surface area contributed by atoms with Gasteiger partial charge < -0.3 is 15.0 Å². The summed E-state index contributed by atoms with van der Waals surface area (Å²) in [5.41, 5.74) is 0. The van der Waals surface area contributed by atoms with Crippen molar-refractivity contribution in [2.45, 2.75) is 95.9 Å². The van der Waals surface area contributed by atoms with Gasteiger partial charge in [0.1, 0.15) is 6.17 Å². The van der Waals surface area contributed by atoms with Crippen LogP contribution in [0.3, 0.4) is 0 Å². The van der Waals surface area contributed by atoms with Crippen molar-refractivity contribution in [3.8, 4) is 6.07 Å². The summed E-state index contributed by atoms with van der Waals surface area (Å²) in [5.74, 6) is 4.27. The number of alkyl halides is 1. The van der Waals surface area contributed by atoms with Crippen LogP contribution in [0.1, 0.15) is 77.6 Å². The molecule has 4 nitrogen and oxygen atoms in total. The molecule has 186 valence electrons. The van der Waals surface area contributed by atoms with Gasteiger partial charge in [-0.2, -0.15) is 5.26 Å². The molecule has 7 unspecified atom stereocenters. The van der Waals surface area contributed by atoms with Gasteiger partial charge in [0.25, 0.3) is 0 Å². The van der Waals surface area contributed by atoms with E-state index in [2.05, 4.69) is 23.2 Å². The minimum atomic E-state index is -0.924. The van der Waals surface area contributed by atoms with E-state index in [1.165, 1.54) is 58.0 Å². The summed E-state index contributed by atoms with van der Waals surface area (Å²) in [6.45, 7) is 7.70. The molecule has 33 heavy (non-hydrogen) atoms. The van der Waals surface area contributed by atoms with E-state index in [4.69, 9.17) is 4.74 Å². The lowest BCUT2D eigenvalue weighted by Crippen LogP contribution is -2.51. The summed E-state index contributed by atoms with van der Waals surface area (Å²) < 4.78 is 20.9. The summed E-state index contributed by atoms with van der Waals surface area (Å²) in [4.78, 5) is 2.82. The number of hydrogen-bond acceptors (Lipinski definition) is 4. The molecule has 3 saturated carbocycles. The first-order valence-corrected chi connectivity index (χ1v) is 14.2. The topological polar surface area (TPSA) is 48.3 Å². The zero-order valence-corrected chi connectivity index (χ0v) is 20.8. The maximum atomic E-state index is 14.8. The Morgan fingerprint density at radius 2 is 1.79 bits per heavy atom. The Bertz CT molecular complexity index is 663. The zero-order chi connectivity index (χ0) is 22.8. The van der Waals surface area contributed by atoms with E-state index >= 15 is 0 Å². The van der Waals surface area contributed by atoms with E-state index < -0.39 is 6.17 Å². The Morgan fingerprint density at radius 1 is 0.970 bits per heavy atom. The summed E-state index contributed by atoms with van der Waals surface area (Å²) >= 11 is 0. The van der Waals surface area contributed by atoms with Gasteiger partial charge in [0.2, 0.25) is 0 Å². The summed E-state index contributed by atoms with van der Waals surface area (Å²) in [7, 11) is 0. The third-order valence-corrected chi connectivity index (χ3v) is 10.3. The number of ether oxygens (including phenoxy) is 1. The average Bonchev–Trinajstić information content (AvgIpc) is 2.83. The zero-order valence-electron chi connectivity index (χ0n) is 20.8. The van der Waals surface area contributed by atoms with Crippen molar-refractivity contribution in [1.82, 2.24) is 10.2 Å².